The molecule has 1 N–H and O–H groups in total. The quantitative estimate of drug-likeness (QED) is 0.770. The Balaban J connectivity index is 2.18. The largest absolute Gasteiger partial charge is 0.396 e. The second-order valence-electron chi connectivity index (χ2n) is 3.98. The van der Waals surface area contributed by atoms with Crippen molar-refractivity contribution < 1.29 is 5.11 Å². The Bertz CT molecular complexity index is 290. The van der Waals surface area contributed by atoms with Crippen LogP contribution in [0.25, 0.3) is 0 Å². The highest BCUT2D eigenvalue weighted by molar-refractivity contribution is 7.12. The predicted molar refractivity (Wildman–Crippen MR) is 56.3 cm³/mol. The normalized spacial score (nSPS) is 21.5. The first-order chi connectivity index (χ1) is 6.29. The molecule has 2 rings (SSSR count). The molecule has 0 amide bonds. The summed E-state index contributed by atoms with van der Waals surface area (Å²) < 4.78 is 0. The summed E-state index contributed by atoms with van der Waals surface area (Å²) in [6.07, 6.45) is 4.68. The maximum Gasteiger partial charge on any atom is 0.0479 e. The molecule has 0 fully saturated rings. The van der Waals surface area contributed by atoms with Gasteiger partial charge in [0.05, 0.1) is 0 Å². The summed E-state index contributed by atoms with van der Waals surface area (Å²) in [5, 5.41) is 8.84. The molecule has 2 heteroatoms. The van der Waals surface area contributed by atoms with Gasteiger partial charge in [-0.1, -0.05) is 6.92 Å². The molecular formula is C11H16OS. The minimum atomic E-state index is 0.287. The lowest BCUT2D eigenvalue weighted by atomic mass is 9.90. The summed E-state index contributed by atoms with van der Waals surface area (Å²) in [7, 11) is 0. The number of hydrogen-bond acceptors (Lipinski definition) is 2. The van der Waals surface area contributed by atoms with Gasteiger partial charge in [0.2, 0.25) is 0 Å². The molecule has 0 aliphatic heterocycles. The molecule has 1 aliphatic carbocycles. The van der Waals surface area contributed by atoms with Gasteiger partial charge in [0.1, 0.15) is 0 Å². The number of aryl methyl sites for hydroxylation is 1. The minimum Gasteiger partial charge on any atom is -0.396 e. The van der Waals surface area contributed by atoms with Gasteiger partial charge in [-0.05, 0) is 36.8 Å². The SMILES string of the molecule is CC1CCc2sc(CCO)cc2C1. The molecule has 1 nitrogen and oxygen atoms in total. The summed E-state index contributed by atoms with van der Waals surface area (Å²) in [6.45, 7) is 2.61. The van der Waals surface area contributed by atoms with Gasteiger partial charge >= 0.3 is 0 Å². The van der Waals surface area contributed by atoms with Crippen molar-refractivity contribution in [1.82, 2.24) is 0 Å². The topological polar surface area (TPSA) is 20.2 Å². The Kier molecular flexibility index (Phi) is 2.70. The van der Waals surface area contributed by atoms with Crippen molar-refractivity contribution in [1.29, 1.82) is 0 Å². The van der Waals surface area contributed by atoms with Gasteiger partial charge in [-0.3, -0.25) is 0 Å². The van der Waals surface area contributed by atoms with Crippen molar-refractivity contribution in [3.05, 3.63) is 21.4 Å². The van der Waals surface area contributed by atoms with E-state index in [9.17, 15) is 0 Å². The monoisotopic (exact) mass is 196 g/mol. The number of hydrogen-bond donors (Lipinski definition) is 1. The van der Waals surface area contributed by atoms with Crippen LogP contribution in [0, 0.1) is 5.92 Å². The molecule has 1 aromatic rings. The fraction of sp³-hybridized carbons (Fsp3) is 0.636. The Morgan fingerprint density at radius 3 is 3.23 bits per heavy atom. The van der Waals surface area contributed by atoms with Crippen LogP contribution in [0.4, 0.5) is 0 Å². The van der Waals surface area contributed by atoms with Crippen molar-refractivity contribution in [2.75, 3.05) is 6.61 Å². The van der Waals surface area contributed by atoms with E-state index in [-0.39, 0.29) is 6.61 Å². The molecule has 0 aromatic carbocycles. The van der Waals surface area contributed by atoms with Crippen LogP contribution in [0.1, 0.15) is 28.7 Å². The Labute approximate surface area is 83.4 Å². The average molecular weight is 196 g/mol. The van der Waals surface area contributed by atoms with Crippen LogP contribution < -0.4 is 0 Å². The summed E-state index contributed by atoms with van der Waals surface area (Å²) in [5.41, 5.74) is 1.55. The van der Waals surface area contributed by atoms with Crippen molar-refractivity contribution in [3.8, 4) is 0 Å². The van der Waals surface area contributed by atoms with E-state index in [2.05, 4.69) is 13.0 Å². The van der Waals surface area contributed by atoms with Crippen LogP contribution in [0.15, 0.2) is 6.07 Å². The van der Waals surface area contributed by atoms with Crippen molar-refractivity contribution in [2.24, 2.45) is 5.92 Å². The first kappa shape index (κ1) is 9.22. The van der Waals surface area contributed by atoms with Gasteiger partial charge in [-0.15, -0.1) is 11.3 Å². The van der Waals surface area contributed by atoms with Gasteiger partial charge in [-0.25, -0.2) is 0 Å². The van der Waals surface area contributed by atoms with Crippen LogP contribution in [-0.4, -0.2) is 11.7 Å². The van der Waals surface area contributed by atoms with E-state index in [0.717, 1.165) is 12.3 Å². The molecule has 1 atom stereocenters. The van der Waals surface area contributed by atoms with Crippen LogP contribution in [0.3, 0.4) is 0 Å². The average Bonchev–Trinajstić information content (AvgIpc) is 2.46. The van der Waals surface area contributed by atoms with E-state index in [0.29, 0.717) is 0 Å². The van der Waals surface area contributed by atoms with Crippen molar-refractivity contribution in [3.63, 3.8) is 0 Å². The lowest BCUT2D eigenvalue weighted by Gasteiger charge is -2.17. The number of fused-ring (bicyclic) bond motifs is 1. The van der Waals surface area contributed by atoms with Gasteiger partial charge in [0.15, 0.2) is 0 Å². The molecule has 0 saturated carbocycles. The second-order valence-corrected chi connectivity index (χ2v) is 5.20. The van der Waals surface area contributed by atoms with Crippen LogP contribution in [-0.2, 0) is 19.3 Å². The van der Waals surface area contributed by atoms with Crippen molar-refractivity contribution in [2.45, 2.75) is 32.6 Å². The van der Waals surface area contributed by atoms with Gasteiger partial charge in [0.25, 0.3) is 0 Å². The fourth-order valence-corrected chi connectivity index (χ4v) is 3.21. The smallest absolute Gasteiger partial charge is 0.0479 e. The standard InChI is InChI=1S/C11H16OS/c1-8-2-3-11-9(6-8)7-10(13-11)4-5-12/h7-8,12H,2-6H2,1H3. The third kappa shape index (κ3) is 1.94. The lowest BCUT2D eigenvalue weighted by Crippen LogP contribution is -2.08. The molecule has 0 radical (unpaired) electrons. The summed E-state index contributed by atoms with van der Waals surface area (Å²) >= 11 is 1.90. The first-order valence-electron chi connectivity index (χ1n) is 5.01. The fourth-order valence-electron chi connectivity index (χ4n) is 2.00. The molecule has 72 valence electrons. The van der Waals surface area contributed by atoms with Crippen LogP contribution in [0.2, 0.25) is 0 Å². The maximum absolute atomic E-state index is 8.84. The Morgan fingerprint density at radius 1 is 1.62 bits per heavy atom. The highest BCUT2D eigenvalue weighted by Crippen LogP contribution is 2.32. The van der Waals surface area contributed by atoms with Crippen LogP contribution >= 0.6 is 11.3 Å². The van der Waals surface area contributed by atoms with E-state index < -0.39 is 0 Å². The summed E-state index contributed by atoms with van der Waals surface area (Å²) in [5.74, 6) is 0.851. The van der Waals surface area contributed by atoms with E-state index in [1.807, 2.05) is 11.3 Å². The third-order valence-electron chi connectivity index (χ3n) is 2.74. The molecule has 1 aliphatic rings. The van der Waals surface area contributed by atoms with E-state index in [1.54, 1.807) is 10.4 Å². The second kappa shape index (κ2) is 3.81. The molecule has 1 aromatic heterocycles. The zero-order chi connectivity index (χ0) is 9.26. The molecular weight excluding hydrogens is 180 g/mol. The maximum atomic E-state index is 8.84. The molecule has 0 bridgehead atoms. The molecule has 0 saturated heterocycles. The zero-order valence-electron chi connectivity index (χ0n) is 8.05. The highest BCUT2D eigenvalue weighted by Gasteiger charge is 2.17. The van der Waals surface area contributed by atoms with E-state index in [1.165, 1.54) is 24.1 Å². The number of rotatable bonds is 2. The number of aliphatic hydroxyl groups is 1. The van der Waals surface area contributed by atoms with Gasteiger partial charge in [0, 0.05) is 22.8 Å². The van der Waals surface area contributed by atoms with Gasteiger partial charge < -0.3 is 5.11 Å². The Morgan fingerprint density at radius 2 is 2.46 bits per heavy atom. The first-order valence-corrected chi connectivity index (χ1v) is 5.82. The van der Waals surface area contributed by atoms with E-state index in [4.69, 9.17) is 5.11 Å². The lowest BCUT2D eigenvalue weighted by molar-refractivity contribution is 0.300. The highest BCUT2D eigenvalue weighted by atomic mass is 32.1. The van der Waals surface area contributed by atoms with Gasteiger partial charge in [-0.2, -0.15) is 0 Å². The predicted octanol–water partition coefficient (Wildman–Crippen LogP) is 2.41. The van der Waals surface area contributed by atoms with Crippen LogP contribution in [0.5, 0.6) is 0 Å². The zero-order valence-corrected chi connectivity index (χ0v) is 8.86. The minimum absolute atomic E-state index is 0.287. The van der Waals surface area contributed by atoms with Crippen molar-refractivity contribution >= 4 is 11.3 Å². The number of thiophene rings is 1. The summed E-state index contributed by atoms with van der Waals surface area (Å²) in [4.78, 5) is 2.93. The molecule has 0 spiro atoms. The third-order valence-corrected chi connectivity index (χ3v) is 4.04. The van der Waals surface area contributed by atoms with E-state index >= 15 is 0 Å². The molecule has 13 heavy (non-hydrogen) atoms. The molecule has 1 heterocycles. The summed E-state index contributed by atoms with van der Waals surface area (Å²) in [6, 6.07) is 2.30. The molecule has 1 unspecified atom stereocenters. The Hall–Kier alpha value is -0.340. The number of aliphatic hydroxyl groups excluding tert-OH is 1.